The molecule has 1 aromatic heterocycles. The van der Waals surface area contributed by atoms with Gasteiger partial charge in [0.15, 0.2) is 0 Å². The molecule has 2 rings (SSSR count). The van der Waals surface area contributed by atoms with Crippen molar-refractivity contribution in [2.24, 2.45) is 0 Å². The van der Waals surface area contributed by atoms with E-state index in [-0.39, 0.29) is 14.4 Å². The molecule has 0 aliphatic heterocycles. The van der Waals surface area contributed by atoms with Crippen molar-refractivity contribution in [2.75, 3.05) is 19.0 Å². The average Bonchev–Trinajstić information content (AvgIpc) is 2.34. The number of aryl methyl sites for hydroxylation is 3. The maximum Gasteiger partial charge on any atom is 0.0682 e. The summed E-state index contributed by atoms with van der Waals surface area (Å²) < 4.78 is 0. The first-order valence-electron chi connectivity index (χ1n) is 9.30. The van der Waals surface area contributed by atoms with Gasteiger partial charge < -0.3 is 4.90 Å². The molecule has 2 atom stereocenters. The Morgan fingerprint density at radius 1 is 0.840 bits per heavy atom. The summed E-state index contributed by atoms with van der Waals surface area (Å²) in [5, 5.41) is 1.69. The van der Waals surface area contributed by atoms with Gasteiger partial charge in [-0.15, -0.1) is 0 Å². The van der Waals surface area contributed by atoms with E-state index in [1.54, 1.807) is 10.7 Å². The van der Waals surface area contributed by atoms with Crippen LogP contribution >= 0.6 is 14.4 Å². The number of nitrogens with zero attached hydrogens (tertiary/aromatic N) is 1. The van der Waals surface area contributed by atoms with E-state index in [0.717, 1.165) is 4.91 Å². The molecule has 0 fully saturated rings. The van der Waals surface area contributed by atoms with Crippen molar-refractivity contribution in [3.8, 4) is 5.30 Å². The Morgan fingerprint density at radius 3 is 1.64 bits per heavy atom. The second-order valence-electron chi connectivity index (χ2n) is 9.96. The molecule has 25 heavy (non-hydrogen) atoms. The lowest BCUT2D eigenvalue weighted by Gasteiger charge is -2.43. The normalized spacial score (nSPS) is 14.4. The highest BCUT2D eigenvalue weighted by Crippen LogP contribution is 2.76. The van der Waals surface area contributed by atoms with E-state index >= 15 is 0 Å². The third-order valence-electron chi connectivity index (χ3n) is 4.91. The van der Waals surface area contributed by atoms with Crippen LogP contribution in [0.15, 0.2) is 17.9 Å². The number of hydrogen-bond donors (Lipinski definition) is 0. The Hall–Kier alpha value is -0.206. The maximum atomic E-state index is 2.71. The summed E-state index contributed by atoms with van der Waals surface area (Å²) in [5.41, 5.74) is 6.07. The van der Waals surface area contributed by atoms with E-state index in [2.05, 4.69) is 97.0 Å². The first-order valence-corrected chi connectivity index (χ1v) is 20.0. The van der Waals surface area contributed by atoms with Gasteiger partial charge >= 0.3 is 0 Å². The van der Waals surface area contributed by atoms with Gasteiger partial charge in [0, 0.05) is 19.4 Å². The number of hydrogen-bond acceptors (Lipinski definition) is 1. The van der Waals surface area contributed by atoms with Gasteiger partial charge in [0.05, 0.1) is 21.6 Å². The molecular weight excluding hydrogens is 372 g/mol. The topological polar surface area (TPSA) is 3.24 Å². The van der Waals surface area contributed by atoms with Crippen LogP contribution in [-0.2, 0) is 0 Å². The van der Waals surface area contributed by atoms with Crippen molar-refractivity contribution in [3.05, 3.63) is 34.6 Å². The summed E-state index contributed by atoms with van der Waals surface area (Å²) in [6, 6.07) is 4.81. The summed E-state index contributed by atoms with van der Waals surface area (Å²) in [4.78, 5) is 3.40. The van der Waals surface area contributed by atoms with Crippen molar-refractivity contribution in [2.45, 2.75) is 65.0 Å². The minimum Gasteiger partial charge on any atom is -0.374 e. The number of benzene rings is 1. The van der Waals surface area contributed by atoms with E-state index in [4.69, 9.17) is 0 Å². The highest BCUT2D eigenvalue weighted by Gasteiger charge is 2.42. The fourth-order valence-corrected chi connectivity index (χ4v) is 37.4. The number of rotatable bonds is 5. The molecule has 1 aromatic carbocycles. The first kappa shape index (κ1) is 21.1. The van der Waals surface area contributed by atoms with E-state index in [1.807, 2.05) is 0 Å². The molecular formula is C20H37NP2Si2. The summed E-state index contributed by atoms with van der Waals surface area (Å²) in [6.45, 7) is 22.6. The van der Waals surface area contributed by atoms with Crippen molar-refractivity contribution in [1.82, 2.24) is 0 Å². The molecule has 0 N–H and O–H groups in total. The predicted octanol–water partition coefficient (Wildman–Crippen LogP) is 7.94. The van der Waals surface area contributed by atoms with Gasteiger partial charge in [-0.2, -0.15) is 0 Å². The van der Waals surface area contributed by atoms with Gasteiger partial charge in [-0.05, 0) is 49.8 Å². The highest BCUT2D eigenvalue weighted by molar-refractivity contribution is 8.17. The molecule has 0 saturated heterocycles. The minimum absolute atomic E-state index is 0.00629. The number of anilines is 1. The molecule has 5 heteroatoms. The van der Waals surface area contributed by atoms with Gasteiger partial charge in [-0.3, -0.25) is 0 Å². The third-order valence-corrected chi connectivity index (χ3v) is 28.4. The summed E-state index contributed by atoms with van der Waals surface area (Å²) >= 11 is 0. The van der Waals surface area contributed by atoms with Gasteiger partial charge in [0.2, 0.25) is 0 Å². The predicted molar refractivity (Wildman–Crippen MR) is 127 cm³/mol. The monoisotopic (exact) mass is 409 g/mol. The molecule has 0 aliphatic carbocycles. The van der Waals surface area contributed by atoms with Crippen LogP contribution < -0.4 is 4.90 Å². The van der Waals surface area contributed by atoms with Crippen LogP contribution in [0.1, 0.15) is 21.6 Å². The molecule has 140 valence electrons. The van der Waals surface area contributed by atoms with Crippen LogP contribution in [0.4, 0.5) is 5.42 Å². The summed E-state index contributed by atoms with van der Waals surface area (Å²) in [7, 11) is 1.92. The van der Waals surface area contributed by atoms with Gasteiger partial charge in [-0.1, -0.05) is 64.2 Å². The average molecular weight is 410 g/mol. The van der Waals surface area contributed by atoms with Crippen molar-refractivity contribution >= 4 is 36.0 Å². The second-order valence-corrected chi connectivity index (χ2v) is 27.8. The molecule has 0 saturated carbocycles. The third kappa shape index (κ3) is 4.21. The zero-order chi connectivity index (χ0) is 19.3. The molecule has 0 radical (unpaired) electrons. The zero-order valence-electron chi connectivity index (χ0n) is 18.2. The van der Waals surface area contributed by atoms with Crippen molar-refractivity contribution < 1.29 is 0 Å². The summed E-state index contributed by atoms with van der Waals surface area (Å²) in [5.74, 6) is 2.71. The second kappa shape index (κ2) is 7.08. The fourth-order valence-electron chi connectivity index (χ4n) is 4.62. The minimum atomic E-state index is -1.20. The molecule has 1 nitrogen and oxygen atoms in total. The Morgan fingerprint density at radius 2 is 1.28 bits per heavy atom. The Labute approximate surface area is 159 Å². The molecule has 2 aromatic rings. The smallest absolute Gasteiger partial charge is 0.0682 e. The van der Waals surface area contributed by atoms with Crippen molar-refractivity contribution in [3.63, 3.8) is 0 Å². The fraction of sp³-hybridized carbons (Fsp3) is 0.600. The quantitative estimate of drug-likeness (QED) is 0.453. The lowest BCUT2D eigenvalue weighted by atomic mass is 10.1. The van der Waals surface area contributed by atoms with E-state index in [1.165, 1.54) is 16.7 Å². The van der Waals surface area contributed by atoms with Crippen LogP contribution in [0.5, 0.6) is 0 Å². The highest BCUT2D eigenvalue weighted by atomic mass is 31.9. The van der Waals surface area contributed by atoms with Crippen LogP contribution in [0, 0.1) is 20.8 Å². The summed E-state index contributed by atoms with van der Waals surface area (Å²) in [6.07, 6.45) is 0. The zero-order valence-corrected chi connectivity index (χ0v) is 21.9. The molecule has 0 amide bonds. The lowest BCUT2D eigenvalue weighted by molar-refractivity contribution is 1.16. The van der Waals surface area contributed by atoms with Gasteiger partial charge in [0.25, 0.3) is 0 Å². The molecule has 0 bridgehead atoms. The molecule has 1 heterocycles. The first-order chi connectivity index (χ1) is 11.2. The van der Waals surface area contributed by atoms with Crippen LogP contribution in [-0.4, -0.2) is 30.2 Å². The van der Waals surface area contributed by atoms with Crippen LogP contribution in [0.2, 0.25) is 39.3 Å². The van der Waals surface area contributed by atoms with E-state index < -0.39 is 16.1 Å². The standard InChI is InChI=1S/C20H37NP2Si2/c1-15-12-16(2)19(17(3)13-15)23-18(21(4)5)14-22(23)20(24(6,7)8)25(9,10)11/h12-14,20H,1-11H3. The van der Waals surface area contributed by atoms with Crippen LogP contribution in [0.25, 0.3) is 5.30 Å². The van der Waals surface area contributed by atoms with Crippen LogP contribution in [0.3, 0.4) is 0 Å². The SMILES string of the molecule is Cc1cc(C)c(-p2c(N(C)C)cp2C([Si](C)(C)C)[Si](C)(C)C)c(C)c1. The Bertz CT molecular complexity index is 721. The lowest BCUT2D eigenvalue weighted by Crippen LogP contribution is -2.43. The maximum absolute atomic E-state index is 2.71. The van der Waals surface area contributed by atoms with E-state index in [0.29, 0.717) is 0 Å². The molecule has 0 aliphatic rings. The largest absolute Gasteiger partial charge is 0.374 e. The van der Waals surface area contributed by atoms with E-state index in [9.17, 15) is 0 Å². The van der Waals surface area contributed by atoms with Gasteiger partial charge in [-0.25, -0.2) is 0 Å². The van der Waals surface area contributed by atoms with Crippen molar-refractivity contribution in [1.29, 1.82) is 0 Å². The molecule has 0 spiro atoms. The Kier molecular flexibility index (Phi) is 5.97. The van der Waals surface area contributed by atoms with Gasteiger partial charge in [0.1, 0.15) is 0 Å². The molecule has 2 unspecified atom stereocenters. The Balaban J connectivity index is 2.76.